The predicted octanol–water partition coefficient (Wildman–Crippen LogP) is 1.74. The number of hydrogen-bond donors (Lipinski definition) is 1. The molecule has 0 aromatic heterocycles. The molecule has 0 saturated carbocycles. The van der Waals surface area contributed by atoms with Gasteiger partial charge in [-0.3, -0.25) is 0 Å². The zero-order valence-corrected chi connectivity index (χ0v) is 10.8. The van der Waals surface area contributed by atoms with Gasteiger partial charge in [-0.15, -0.1) is 0 Å². The summed E-state index contributed by atoms with van der Waals surface area (Å²) in [7, 11) is 4.97. The first-order chi connectivity index (χ1) is 8.28. The Balaban J connectivity index is 3.10. The average Bonchev–Trinajstić information content (AvgIpc) is 2.36. The third-order valence-corrected chi connectivity index (χ3v) is 2.66. The lowest BCUT2D eigenvalue weighted by atomic mass is 10.0. The van der Waals surface area contributed by atoms with E-state index in [1.54, 1.807) is 21.3 Å². The van der Waals surface area contributed by atoms with Crippen molar-refractivity contribution in [1.29, 1.82) is 0 Å². The van der Waals surface area contributed by atoms with Crippen molar-refractivity contribution in [2.24, 2.45) is 5.73 Å². The second kappa shape index (κ2) is 7.14. The van der Waals surface area contributed by atoms with Gasteiger partial charge >= 0.3 is 0 Å². The Morgan fingerprint density at radius 2 is 1.88 bits per heavy atom. The van der Waals surface area contributed by atoms with Gasteiger partial charge in [-0.1, -0.05) is 6.07 Å². The highest BCUT2D eigenvalue weighted by molar-refractivity contribution is 5.50. The summed E-state index contributed by atoms with van der Waals surface area (Å²) in [6, 6.07) is 3.97. The summed E-state index contributed by atoms with van der Waals surface area (Å²) < 4.78 is 16.0. The van der Waals surface area contributed by atoms with E-state index in [4.69, 9.17) is 19.9 Å². The molecule has 4 heteroatoms. The number of nitrogens with two attached hydrogens (primary N) is 1. The quantitative estimate of drug-likeness (QED) is 0.787. The maximum absolute atomic E-state index is 5.53. The van der Waals surface area contributed by atoms with Crippen molar-refractivity contribution in [1.82, 2.24) is 0 Å². The fourth-order valence-electron chi connectivity index (χ4n) is 1.87. The van der Waals surface area contributed by atoms with Crippen molar-refractivity contribution in [3.05, 3.63) is 23.3 Å². The number of aryl methyl sites for hydroxylation is 1. The lowest BCUT2D eigenvalue weighted by molar-refractivity contribution is 0.178. The van der Waals surface area contributed by atoms with Crippen molar-refractivity contribution < 1.29 is 14.2 Å². The van der Waals surface area contributed by atoms with Crippen LogP contribution in [0.4, 0.5) is 0 Å². The standard InChI is InChI=1S/C13H21NO3/c1-15-9-11-12(16-2)7-6-10(5-4-8-14)13(11)17-3/h6-7H,4-5,8-9,14H2,1-3H3. The van der Waals surface area contributed by atoms with Gasteiger partial charge in [-0.2, -0.15) is 0 Å². The minimum atomic E-state index is 0.475. The maximum atomic E-state index is 5.53. The van der Waals surface area contributed by atoms with E-state index < -0.39 is 0 Å². The molecular formula is C13H21NO3. The first kappa shape index (κ1) is 13.8. The summed E-state index contributed by atoms with van der Waals surface area (Å²) in [6.07, 6.45) is 1.84. The molecule has 2 N–H and O–H groups in total. The van der Waals surface area contributed by atoms with E-state index >= 15 is 0 Å². The van der Waals surface area contributed by atoms with Gasteiger partial charge in [0.15, 0.2) is 0 Å². The third kappa shape index (κ3) is 3.35. The van der Waals surface area contributed by atoms with Crippen LogP contribution in [0.2, 0.25) is 0 Å². The van der Waals surface area contributed by atoms with Crippen LogP contribution in [0.15, 0.2) is 12.1 Å². The van der Waals surface area contributed by atoms with E-state index in [-0.39, 0.29) is 0 Å². The number of rotatable bonds is 7. The molecule has 17 heavy (non-hydrogen) atoms. The molecule has 0 saturated heterocycles. The highest BCUT2D eigenvalue weighted by atomic mass is 16.5. The first-order valence-corrected chi connectivity index (χ1v) is 5.70. The van der Waals surface area contributed by atoms with Crippen molar-refractivity contribution >= 4 is 0 Å². The molecule has 4 nitrogen and oxygen atoms in total. The Bertz CT molecular complexity index is 353. The Morgan fingerprint density at radius 3 is 2.41 bits per heavy atom. The number of hydrogen-bond acceptors (Lipinski definition) is 4. The smallest absolute Gasteiger partial charge is 0.131 e. The summed E-state index contributed by atoms with van der Waals surface area (Å²) in [5.74, 6) is 1.64. The zero-order valence-electron chi connectivity index (χ0n) is 10.8. The lowest BCUT2D eigenvalue weighted by Gasteiger charge is -2.16. The van der Waals surface area contributed by atoms with E-state index in [1.807, 2.05) is 12.1 Å². The maximum Gasteiger partial charge on any atom is 0.131 e. The molecule has 1 aromatic rings. The number of ether oxygens (including phenoxy) is 3. The van der Waals surface area contributed by atoms with Gasteiger partial charge in [0.2, 0.25) is 0 Å². The normalized spacial score (nSPS) is 10.4. The molecule has 0 atom stereocenters. The molecule has 0 heterocycles. The highest BCUT2D eigenvalue weighted by Crippen LogP contribution is 2.33. The van der Waals surface area contributed by atoms with E-state index in [9.17, 15) is 0 Å². The van der Waals surface area contributed by atoms with Gasteiger partial charge in [0.05, 0.1) is 26.4 Å². The summed E-state index contributed by atoms with van der Waals surface area (Å²) in [4.78, 5) is 0. The molecule has 0 radical (unpaired) electrons. The van der Waals surface area contributed by atoms with Gasteiger partial charge in [-0.05, 0) is 31.0 Å². The van der Waals surface area contributed by atoms with Gasteiger partial charge in [-0.25, -0.2) is 0 Å². The van der Waals surface area contributed by atoms with E-state index in [2.05, 4.69) is 0 Å². The van der Waals surface area contributed by atoms with Gasteiger partial charge in [0.1, 0.15) is 11.5 Å². The summed E-state index contributed by atoms with van der Waals surface area (Å²) in [5.41, 5.74) is 7.63. The second-order valence-electron chi connectivity index (χ2n) is 3.76. The Kier molecular flexibility index (Phi) is 5.80. The van der Waals surface area contributed by atoms with Gasteiger partial charge in [0, 0.05) is 7.11 Å². The molecule has 0 bridgehead atoms. The first-order valence-electron chi connectivity index (χ1n) is 5.70. The average molecular weight is 239 g/mol. The molecular weight excluding hydrogens is 218 g/mol. The van der Waals surface area contributed by atoms with Crippen molar-refractivity contribution in [2.45, 2.75) is 19.4 Å². The van der Waals surface area contributed by atoms with E-state index in [1.165, 1.54) is 0 Å². The second-order valence-corrected chi connectivity index (χ2v) is 3.76. The topological polar surface area (TPSA) is 53.7 Å². The van der Waals surface area contributed by atoms with Gasteiger partial charge < -0.3 is 19.9 Å². The minimum Gasteiger partial charge on any atom is -0.496 e. The highest BCUT2D eigenvalue weighted by Gasteiger charge is 2.14. The molecule has 0 unspecified atom stereocenters. The number of benzene rings is 1. The fourth-order valence-corrected chi connectivity index (χ4v) is 1.87. The fraction of sp³-hybridized carbons (Fsp3) is 0.538. The summed E-state index contributed by atoms with van der Waals surface area (Å²) in [6.45, 7) is 1.15. The van der Waals surface area contributed by atoms with E-state index in [0.29, 0.717) is 13.2 Å². The van der Waals surface area contributed by atoms with Crippen LogP contribution in [0.1, 0.15) is 17.5 Å². The van der Waals surface area contributed by atoms with Crippen LogP contribution in [0.3, 0.4) is 0 Å². The van der Waals surface area contributed by atoms with Crippen molar-refractivity contribution in [3.63, 3.8) is 0 Å². The molecule has 0 amide bonds. The summed E-state index contributed by atoms with van der Waals surface area (Å²) in [5, 5.41) is 0. The van der Waals surface area contributed by atoms with Crippen LogP contribution >= 0.6 is 0 Å². The summed E-state index contributed by atoms with van der Waals surface area (Å²) >= 11 is 0. The third-order valence-electron chi connectivity index (χ3n) is 2.66. The predicted molar refractivity (Wildman–Crippen MR) is 67.6 cm³/mol. The molecule has 1 aromatic carbocycles. The molecule has 1 rings (SSSR count). The minimum absolute atomic E-state index is 0.475. The monoisotopic (exact) mass is 239 g/mol. The van der Waals surface area contributed by atoms with Crippen LogP contribution in [0.25, 0.3) is 0 Å². The largest absolute Gasteiger partial charge is 0.496 e. The van der Waals surface area contributed by atoms with Crippen LogP contribution in [0, 0.1) is 0 Å². The number of methoxy groups -OCH3 is 3. The van der Waals surface area contributed by atoms with Crippen LogP contribution in [-0.4, -0.2) is 27.9 Å². The van der Waals surface area contributed by atoms with E-state index in [0.717, 1.165) is 35.5 Å². The van der Waals surface area contributed by atoms with Crippen molar-refractivity contribution in [3.8, 4) is 11.5 Å². The van der Waals surface area contributed by atoms with Crippen LogP contribution in [-0.2, 0) is 17.8 Å². The Hall–Kier alpha value is -1.26. The van der Waals surface area contributed by atoms with Gasteiger partial charge in [0.25, 0.3) is 0 Å². The van der Waals surface area contributed by atoms with Crippen LogP contribution < -0.4 is 15.2 Å². The molecule has 0 spiro atoms. The molecule has 0 aliphatic carbocycles. The Labute approximate surface area is 103 Å². The van der Waals surface area contributed by atoms with Crippen molar-refractivity contribution in [2.75, 3.05) is 27.9 Å². The molecule has 0 aliphatic heterocycles. The molecule has 0 aliphatic rings. The SMILES string of the molecule is COCc1c(OC)ccc(CCCN)c1OC. The zero-order chi connectivity index (χ0) is 12.7. The lowest BCUT2D eigenvalue weighted by Crippen LogP contribution is -2.05. The Morgan fingerprint density at radius 1 is 1.12 bits per heavy atom. The van der Waals surface area contributed by atoms with Crippen LogP contribution in [0.5, 0.6) is 11.5 Å². The molecule has 0 fully saturated rings. The molecule has 96 valence electrons.